The number of allylic oxidation sites excluding steroid dienone is 1. The van der Waals surface area contributed by atoms with Gasteiger partial charge in [-0.1, -0.05) is 12.6 Å². The summed E-state index contributed by atoms with van der Waals surface area (Å²) in [5, 5.41) is 2.42. The number of amides is 1. The number of hydrogen-bond donors (Lipinski definition) is 1. The molecule has 1 amide bonds. The summed E-state index contributed by atoms with van der Waals surface area (Å²) in [5.74, 6) is 0.269. The lowest BCUT2D eigenvalue weighted by molar-refractivity contribution is -0.109. The highest BCUT2D eigenvalue weighted by Gasteiger charge is 2.13. The number of carbonyl (C=O) groups is 2. The van der Waals surface area contributed by atoms with Gasteiger partial charge in [0.15, 0.2) is 0 Å². The third-order valence-electron chi connectivity index (χ3n) is 1.89. The maximum Gasteiger partial charge on any atom is 0.412 e. The fraction of sp³-hybridized carbons (Fsp3) is 0.250. The van der Waals surface area contributed by atoms with Gasteiger partial charge in [0, 0.05) is 18.3 Å². The van der Waals surface area contributed by atoms with E-state index in [0.29, 0.717) is 12.7 Å². The molecule has 1 aromatic rings. The number of ether oxygens (including phenoxy) is 1. The van der Waals surface area contributed by atoms with Crippen molar-refractivity contribution < 1.29 is 14.3 Å². The van der Waals surface area contributed by atoms with E-state index in [0.717, 1.165) is 5.69 Å². The lowest BCUT2D eigenvalue weighted by Crippen LogP contribution is -2.37. The Labute approximate surface area is 99.5 Å². The normalized spacial score (nSPS) is 11.4. The Hall–Kier alpha value is -2.17. The molecule has 0 aliphatic rings. The number of hydrogen-bond acceptors (Lipinski definition) is 4. The van der Waals surface area contributed by atoms with Crippen LogP contribution in [0.5, 0.6) is 0 Å². The summed E-state index contributed by atoms with van der Waals surface area (Å²) < 4.78 is 4.70. The molecule has 0 aliphatic heterocycles. The van der Waals surface area contributed by atoms with Gasteiger partial charge in [-0.25, -0.2) is 4.79 Å². The Balaban J connectivity index is 2.52. The number of nitrogens with one attached hydrogen (secondary N) is 1. The quantitative estimate of drug-likeness (QED) is 0.618. The van der Waals surface area contributed by atoms with Crippen LogP contribution in [0, 0.1) is 0 Å². The first-order valence-corrected chi connectivity index (χ1v) is 5.11. The number of aldehydes is 1. The van der Waals surface area contributed by atoms with Crippen molar-refractivity contribution >= 4 is 12.4 Å². The van der Waals surface area contributed by atoms with Crippen LogP contribution >= 0.6 is 0 Å². The van der Waals surface area contributed by atoms with E-state index in [9.17, 15) is 9.59 Å². The standard InChI is InChI=1S/C12H14N2O3/c1-9(2)17-12(16)14-11(8-15)7-10-5-3-4-6-13-10/h3-6,8,11H,1,7H2,2H3,(H,14,16)/t11-/m0/s1. The molecule has 1 atom stereocenters. The van der Waals surface area contributed by atoms with Crippen molar-refractivity contribution in [3.05, 3.63) is 42.4 Å². The Morgan fingerprint density at radius 3 is 2.94 bits per heavy atom. The summed E-state index contributed by atoms with van der Waals surface area (Å²) in [6, 6.07) is 4.72. The first-order valence-electron chi connectivity index (χ1n) is 5.11. The number of pyridine rings is 1. The lowest BCUT2D eigenvalue weighted by Gasteiger charge is -2.12. The van der Waals surface area contributed by atoms with Gasteiger partial charge in [0.1, 0.15) is 6.29 Å². The smallest absolute Gasteiger partial charge is 0.412 e. The van der Waals surface area contributed by atoms with Crippen LogP contribution in [0.2, 0.25) is 0 Å². The topological polar surface area (TPSA) is 68.3 Å². The predicted octanol–water partition coefficient (Wildman–Crippen LogP) is 1.45. The first-order chi connectivity index (χ1) is 8.11. The molecule has 0 unspecified atom stereocenters. The molecule has 0 fully saturated rings. The van der Waals surface area contributed by atoms with Crippen molar-refractivity contribution in [2.75, 3.05) is 0 Å². The molecule has 5 nitrogen and oxygen atoms in total. The van der Waals surface area contributed by atoms with Crippen molar-refractivity contribution in [1.29, 1.82) is 0 Å². The molecule has 90 valence electrons. The van der Waals surface area contributed by atoms with Crippen LogP contribution in [-0.4, -0.2) is 23.4 Å². The van der Waals surface area contributed by atoms with Crippen molar-refractivity contribution in [3.8, 4) is 0 Å². The second-order valence-corrected chi connectivity index (χ2v) is 3.50. The fourth-order valence-electron chi connectivity index (χ4n) is 1.22. The minimum Gasteiger partial charge on any atom is -0.416 e. The highest BCUT2D eigenvalue weighted by atomic mass is 16.6. The van der Waals surface area contributed by atoms with E-state index in [4.69, 9.17) is 4.74 Å². The maximum absolute atomic E-state index is 11.2. The monoisotopic (exact) mass is 234 g/mol. The molecule has 0 radical (unpaired) electrons. The SMILES string of the molecule is C=C(C)OC(=O)N[C@H](C=O)Cc1ccccn1. The third-order valence-corrected chi connectivity index (χ3v) is 1.89. The fourth-order valence-corrected chi connectivity index (χ4v) is 1.22. The predicted molar refractivity (Wildman–Crippen MR) is 62.2 cm³/mol. The van der Waals surface area contributed by atoms with E-state index >= 15 is 0 Å². The highest BCUT2D eigenvalue weighted by Crippen LogP contribution is 1.99. The van der Waals surface area contributed by atoms with Crippen molar-refractivity contribution in [2.24, 2.45) is 0 Å². The summed E-state index contributed by atoms with van der Waals surface area (Å²) in [5.41, 5.74) is 0.722. The summed E-state index contributed by atoms with van der Waals surface area (Å²) in [6.07, 6.45) is 1.92. The Morgan fingerprint density at radius 2 is 2.41 bits per heavy atom. The zero-order chi connectivity index (χ0) is 12.7. The second kappa shape index (κ2) is 6.42. The molecule has 17 heavy (non-hydrogen) atoms. The van der Waals surface area contributed by atoms with Gasteiger partial charge < -0.3 is 14.8 Å². The van der Waals surface area contributed by atoms with Crippen LogP contribution in [-0.2, 0) is 16.0 Å². The van der Waals surface area contributed by atoms with E-state index in [1.54, 1.807) is 25.3 Å². The minimum atomic E-state index is -0.689. The van der Waals surface area contributed by atoms with Crippen LogP contribution in [0.4, 0.5) is 4.79 Å². The van der Waals surface area contributed by atoms with Gasteiger partial charge in [-0.2, -0.15) is 0 Å². The van der Waals surface area contributed by atoms with Gasteiger partial charge in [0.05, 0.1) is 11.8 Å². The van der Waals surface area contributed by atoms with Gasteiger partial charge in [-0.15, -0.1) is 0 Å². The summed E-state index contributed by atoms with van der Waals surface area (Å²) >= 11 is 0. The van der Waals surface area contributed by atoms with Crippen LogP contribution in [0.3, 0.4) is 0 Å². The molecule has 0 bridgehead atoms. The molecule has 0 spiro atoms. The molecule has 0 aromatic carbocycles. The van der Waals surface area contributed by atoms with Gasteiger partial charge >= 0.3 is 6.09 Å². The number of nitrogens with zero attached hydrogens (tertiary/aromatic N) is 1. The van der Waals surface area contributed by atoms with Crippen molar-refractivity contribution in [3.63, 3.8) is 0 Å². The van der Waals surface area contributed by atoms with Gasteiger partial charge in [0.2, 0.25) is 0 Å². The number of carbonyl (C=O) groups excluding carboxylic acids is 2. The first kappa shape index (κ1) is 12.9. The van der Waals surface area contributed by atoms with Crippen molar-refractivity contribution in [1.82, 2.24) is 10.3 Å². The number of alkyl carbamates (subject to hydrolysis) is 1. The Kier molecular flexibility index (Phi) is 4.87. The molecular formula is C12H14N2O3. The van der Waals surface area contributed by atoms with Crippen LogP contribution < -0.4 is 5.32 Å². The van der Waals surface area contributed by atoms with Gasteiger partial charge in [0.25, 0.3) is 0 Å². The zero-order valence-electron chi connectivity index (χ0n) is 9.55. The summed E-state index contributed by atoms with van der Waals surface area (Å²) in [4.78, 5) is 26.1. The number of rotatable bonds is 5. The van der Waals surface area contributed by atoms with E-state index in [1.807, 2.05) is 6.07 Å². The maximum atomic E-state index is 11.2. The highest BCUT2D eigenvalue weighted by molar-refractivity contribution is 5.73. The third kappa shape index (κ3) is 4.92. The van der Waals surface area contributed by atoms with Gasteiger partial charge in [-0.3, -0.25) is 4.98 Å². The molecule has 1 N–H and O–H groups in total. The van der Waals surface area contributed by atoms with Crippen LogP contribution in [0.15, 0.2) is 36.7 Å². The van der Waals surface area contributed by atoms with E-state index in [1.165, 1.54) is 0 Å². The summed E-state index contributed by atoms with van der Waals surface area (Å²) in [6.45, 7) is 4.98. The molecule has 0 saturated heterocycles. The largest absolute Gasteiger partial charge is 0.416 e. The number of aromatic nitrogens is 1. The van der Waals surface area contributed by atoms with E-state index < -0.39 is 12.1 Å². The summed E-state index contributed by atoms with van der Waals surface area (Å²) in [7, 11) is 0. The van der Waals surface area contributed by atoms with Crippen LogP contribution in [0.25, 0.3) is 0 Å². The molecular weight excluding hydrogens is 220 g/mol. The molecule has 5 heteroatoms. The minimum absolute atomic E-state index is 0.269. The van der Waals surface area contributed by atoms with Gasteiger partial charge in [-0.05, 0) is 19.1 Å². The van der Waals surface area contributed by atoms with E-state index in [2.05, 4.69) is 16.9 Å². The van der Waals surface area contributed by atoms with Crippen molar-refractivity contribution in [2.45, 2.75) is 19.4 Å². The molecule has 0 saturated carbocycles. The molecule has 0 aliphatic carbocycles. The van der Waals surface area contributed by atoms with Crippen LogP contribution in [0.1, 0.15) is 12.6 Å². The van der Waals surface area contributed by atoms with E-state index in [-0.39, 0.29) is 5.76 Å². The lowest BCUT2D eigenvalue weighted by atomic mass is 10.1. The second-order valence-electron chi connectivity index (χ2n) is 3.50. The molecule has 1 rings (SSSR count). The Morgan fingerprint density at radius 1 is 1.65 bits per heavy atom. The average molecular weight is 234 g/mol. The Bertz CT molecular complexity index is 403. The zero-order valence-corrected chi connectivity index (χ0v) is 9.55. The molecule has 1 aromatic heterocycles. The molecule has 1 heterocycles. The average Bonchev–Trinajstić information content (AvgIpc) is 2.28.